The lowest BCUT2D eigenvalue weighted by atomic mass is 9.89. The summed E-state index contributed by atoms with van der Waals surface area (Å²) in [5, 5.41) is 12.2. The molecule has 1 saturated heterocycles. The number of benzene rings is 1. The number of piperidine rings is 1. The van der Waals surface area contributed by atoms with Gasteiger partial charge < -0.3 is 20.1 Å². The van der Waals surface area contributed by atoms with E-state index < -0.39 is 0 Å². The molecular formula is C19H28N2O4. The SMILES string of the molecule is CC(C)OCCCNC(=O)N1CCC(C(=O)c2ccc(O)cc2)CC1. The van der Waals surface area contributed by atoms with Crippen LogP contribution in [0.2, 0.25) is 0 Å². The van der Waals surface area contributed by atoms with Crippen LogP contribution in [0.25, 0.3) is 0 Å². The predicted molar refractivity (Wildman–Crippen MR) is 95.8 cm³/mol. The predicted octanol–water partition coefficient (Wildman–Crippen LogP) is 2.81. The highest BCUT2D eigenvalue weighted by Crippen LogP contribution is 2.22. The fraction of sp³-hybridized carbons (Fsp3) is 0.579. The van der Waals surface area contributed by atoms with Crippen LogP contribution in [-0.4, -0.2) is 54.2 Å². The van der Waals surface area contributed by atoms with Crippen molar-refractivity contribution in [3.8, 4) is 5.75 Å². The molecule has 0 unspecified atom stereocenters. The molecule has 0 spiro atoms. The van der Waals surface area contributed by atoms with Crippen molar-refractivity contribution in [3.05, 3.63) is 29.8 Å². The van der Waals surface area contributed by atoms with Gasteiger partial charge in [-0.2, -0.15) is 0 Å². The van der Waals surface area contributed by atoms with Gasteiger partial charge in [0.05, 0.1) is 6.10 Å². The fourth-order valence-corrected chi connectivity index (χ4v) is 2.90. The summed E-state index contributed by atoms with van der Waals surface area (Å²) in [4.78, 5) is 26.4. The Morgan fingerprint density at radius 2 is 1.88 bits per heavy atom. The van der Waals surface area contributed by atoms with Crippen LogP contribution in [0.4, 0.5) is 4.79 Å². The molecule has 1 aromatic rings. The van der Waals surface area contributed by atoms with E-state index in [0.29, 0.717) is 44.6 Å². The molecule has 2 rings (SSSR count). The van der Waals surface area contributed by atoms with Gasteiger partial charge in [0, 0.05) is 37.7 Å². The number of carbonyl (C=O) groups is 2. The summed E-state index contributed by atoms with van der Waals surface area (Å²) in [6.07, 6.45) is 2.34. The van der Waals surface area contributed by atoms with Crippen molar-refractivity contribution < 1.29 is 19.4 Å². The second-order valence-corrected chi connectivity index (χ2v) is 6.68. The summed E-state index contributed by atoms with van der Waals surface area (Å²) in [6, 6.07) is 6.28. The van der Waals surface area contributed by atoms with Crippen molar-refractivity contribution in [2.75, 3.05) is 26.2 Å². The highest BCUT2D eigenvalue weighted by molar-refractivity contribution is 5.98. The number of ether oxygens (including phenoxy) is 1. The lowest BCUT2D eigenvalue weighted by molar-refractivity contribution is 0.0766. The third-order valence-electron chi connectivity index (χ3n) is 4.35. The third-order valence-corrected chi connectivity index (χ3v) is 4.35. The van der Waals surface area contributed by atoms with Crippen LogP contribution < -0.4 is 5.32 Å². The monoisotopic (exact) mass is 348 g/mol. The summed E-state index contributed by atoms with van der Waals surface area (Å²) in [5.41, 5.74) is 0.617. The van der Waals surface area contributed by atoms with Gasteiger partial charge in [0.25, 0.3) is 0 Å². The maximum Gasteiger partial charge on any atom is 0.317 e. The Morgan fingerprint density at radius 1 is 1.24 bits per heavy atom. The standard InChI is InChI=1S/C19H28N2O4/c1-14(2)25-13-3-10-20-19(24)21-11-8-16(9-12-21)18(23)15-4-6-17(22)7-5-15/h4-7,14,16,22H,3,8-13H2,1-2H3,(H,20,24). The van der Waals surface area contributed by atoms with Crippen LogP contribution in [0.1, 0.15) is 43.5 Å². The molecule has 0 aromatic heterocycles. The number of nitrogens with one attached hydrogen (secondary N) is 1. The van der Waals surface area contributed by atoms with Crippen molar-refractivity contribution in [1.82, 2.24) is 10.2 Å². The van der Waals surface area contributed by atoms with E-state index in [0.717, 1.165) is 6.42 Å². The molecule has 1 aromatic carbocycles. The van der Waals surface area contributed by atoms with Crippen molar-refractivity contribution in [1.29, 1.82) is 0 Å². The molecule has 2 amide bonds. The molecule has 6 heteroatoms. The molecule has 1 fully saturated rings. The lowest BCUT2D eigenvalue weighted by Gasteiger charge is -2.31. The van der Waals surface area contributed by atoms with Crippen LogP contribution in [0.5, 0.6) is 5.75 Å². The number of nitrogens with zero attached hydrogens (tertiary/aromatic N) is 1. The maximum absolute atomic E-state index is 12.5. The van der Waals surface area contributed by atoms with Crippen LogP contribution >= 0.6 is 0 Å². The van der Waals surface area contributed by atoms with Crippen LogP contribution in [0.3, 0.4) is 0 Å². The van der Waals surface area contributed by atoms with Crippen LogP contribution in [0.15, 0.2) is 24.3 Å². The van der Waals surface area contributed by atoms with Crippen molar-refractivity contribution in [2.45, 2.75) is 39.2 Å². The number of phenols is 1. The zero-order chi connectivity index (χ0) is 18.2. The average Bonchev–Trinajstić information content (AvgIpc) is 2.61. The van der Waals surface area contributed by atoms with E-state index in [-0.39, 0.29) is 29.6 Å². The van der Waals surface area contributed by atoms with Gasteiger partial charge >= 0.3 is 6.03 Å². The van der Waals surface area contributed by atoms with Gasteiger partial charge in [-0.05, 0) is 57.4 Å². The highest BCUT2D eigenvalue weighted by Gasteiger charge is 2.27. The molecule has 0 radical (unpaired) electrons. The number of likely N-dealkylation sites (tertiary alicyclic amines) is 1. The molecular weight excluding hydrogens is 320 g/mol. The maximum atomic E-state index is 12.5. The third kappa shape index (κ3) is 6.05. The van der Waals surface area contributed by atoms with Gasteiger partial charge in [0.1, 0.15) is 5.75 Å². The van der Waals surface area contributed by atoms with E-state index in [9.17, 15) is 14.7 Å². The molecule has 25 heavy (non-hydrogen) atoms. The quantitative estimate of drug-likeness (QED) is 0.587. The Balaban J connectivity index is 1.70. The number of hydrogen-bond acceptors (Lipinski definition) is 4. The number of carbonyl (C=O) groups excluding carboxylic acids is 2. The summed E-state index contributed by atoms with van der Waals surface area (Å²) in [6.45, 7) is 6.38. The zero-order valence-corrected chi connectivity index (χ0v) is 15.0. The summed E-state index contributed by atoms with van der Waals surface area (Å²) < 4.78 is 5.44. The molecule has 1 aliphatic heterocycles. The van der Waals surface area contributed by atoms with E-state index >= 15 is 0 Å². The van der Waals surface area contributed by atoms with E-state index in [2.05, 4.69) is 5.32 Å². The Bertz CT molecular complexity index is 563. The number of amides is 2. The molecule has 138 valence electrons. The van der Waals surface area contributed by atoms with Gasteiger partial charge in [0.2, 0.25) is 0 Å². The number of aromatic hydroxyl groups is 1. The Morgan fingerprint density at radius 3 is 2.48 bits per heavy atom. The smallest absolute Gasteiger partial charge is 0.317 e. The number of ketones is 1. The number of urea groups is 1. The molecule has 0 saturated carbocycles. The molecule has 0 atom stereocenters. The van der Waals surface area contributed by atoms with E-state index in [1.165, 1.54) is 12.1 Å². The minimum Gasteiger partial charge on any atom is -0.508 e. The Labute approximate surface area is 149 Å². The molecule has 1 aliphatic rings. The molecule has 6 nitrogen and oxygen atoms in total. The lowest BCUT2D eigenvalue weighted by Crippen LogP contribution is -2.45. The van der Waals surface area contributed by atoms with Gasteiger partial charge in [0.15, 0.2) is 5.78 Å². The zero-order valence-electron chi connectivity index (χ0n) is 15.0. The molecule has 1 heterocycles. The largest absolute Gasteiger partial charge is 0.508 e. The number of Topliss-reactive ketones (excluding diaryl/α,β-unsaturated/α-hetero) is 1. The first-order valence-electron chi connectivity index (χ1n) is 8.95. The first-order valence-corrected chi connectivity index (χ1v) is 8.95. The molecule has 0 aliphatic carbocycles. The minimum atomic E-state index is -0.0694. The van der Waals surface area contributed by atoms with Gasteiger partial charge in [-0.25, -0.2) is 4.79 Å². The topological polar surface area (TPSA) is 78.9 Å². The van der Waals surface area contributed by atoms with Crippen molar-refractivity contribution >= 4 is 11.8 Å². The first kappa shape index (κ1) is 19.2. The van der Waals surface area contributed by atoms with Gasteiger partial charge in [-0.1, -0.05) is 0 Å². The molecule has 2 N–H and O–H groups in total. The second kappa shape index (κ2) is 9.42. The van der Waals surface area contributed by atoms with Crippen molar-refractivity contribution in [3.63, 3.8) is 0 Å². The Hall–Kier alpha value is -2.08. The summed E-state index contributed by atoms with van der Waals surface area (Å²) in [7, 11) is 0. The van der Waals surface area contributed by atoms with E-state index in [1.54, 1.807) is 17.0 Å². The fourth-order valence-electron chi connectivity index (χ4n) is 2.90. The van der Waals surface area contributed by atoms with Gasteiger partial charge in [-0.3, -0.25) is 4.79 Å². The van der Waals surface area contributed by atoms with E-state index in [4.69, 9.17) is 4.74 Å². The van der Waals surface area contributed by atoms with Crippen LogP contribution in [-0.2, 0) is 4.74 Å². The number of rotatable bonds is 7. The highest BCUT2D eigenvalue weighted by atomic mass is 16.5. The van der Waals surface area contributed by atoms with Crippen molar-refractivity contribution in [2.24, 2.45) is 5.92 Å². The second-order valence-electron chi connectivity index (χ2n) is 6.68. The minimum absolute atomic E-state index is 0.0620. The first-order chi connectivity index (χ1) is 12.0. The summed E-state index contributed by atoms with van der Waals surface area (Å²) in [5.74, 6) is 0.181. The number of phenolic OH excluding ortho intramolecular Hbond substituents is 1. The summed E-state index contributed by atoms with van der Waals surface area (Å²) >= 11 is 0. The van der Waals surface area contributed by atoms with E-state index in [1.807, 2.05) is 13.8 Å². The Kier molecular flexibility index (Phi) is 7.25. The van der Waals surface area contributed by atoms with Crippen LogP contribution in [0, 0.1) is 5.92 Å². The number of hydrogen-bond donors (Lipinski definition) is 2. The average molecular weight is 348 g/mol. The molecule has 0 bridgehead atoms. The van der Waals surface area contributed by atoms with Gasteiger partial charge in [-0.15, -0.1) is 0 Å². The normalized spacial score (nSPS) is 15.4.